The minimum Gasteiger partial charge on any atom is -0.311 e. The summed E-state index contributed by atoms with van der Waals surface area (Å²) >= 11 is 6.01. The van der Waals surface area contributed by atoms with Gasteiger partial charge in [0.05, 0.1) is 0 Å². The lowest BCUT2D eigenvalue weighted by atomic mass is 9.87. The minimum absolute atomic E-state index is 0.165. The Morgan fingerprint density at radius 2 is 1.75 bits per heavy atom. The third kappa shape index (κ3) is 6.76. The van der Waals surface area contributed by atoms with Crippen molar-refractivity contribution in [2.45, 2.75) is 65.3 Å². The summed E-state index contributed by atoms with van der Waals surface area (Å²) in [6.07, 6.45) is 3.80. The molecule has 0 spiro atoms. The maximum absolute atomic E-state index is 6.01. The summed E-state index contributed by atoms with van der Waals surface area (Å²) in [6, 6.07) is 8.36. The first-order valence-corrected chi connectivity index (χ1v) is 8.20. The first kappa shape index (κ1) is 17.5. The van der Waals surface area contributed by atoms with Crippen LogP contribution in [0.25, 0.3) is 0 Å². The number of halogens is 1. The van der Waals surface area contributed by atoms with Crippen LogP contribution in [0.2, 0.25) is 5.02 Å². The third-order valence-electron chi connectivity index (χ3n) is 3.69. The van der Waals surface area contributed by atoms with Crippen molar-refractivity contribution >= 4 is 11.6 Å². The Bertz CT molecular complexity index is 377. The lowest BCUT2D eigenvalue weighted by molar-refractivity contribution is 0.366. The highest BCUT2D eigenvalue weighted by Gasteiger charge is 2.18. The van der Waals surface area contributed by atoms with Gasteiger partial charge in [-0.05, 0) is 56.7 Å². The highest BCUT2D eigenvalue weighted by molar-refractivity contribution is 6.30. The van der Waals surface area contributed by atoms with Crippen molar-refractivity contribution in [3.63, 3.8) is 0 Å². The van der Waals surface area contributed by atoms with Crippen LogP contribution in [0.4, 0.5) is 0 Å². The fourth-order valence-corrected chi connectivity index (χ4v) is 2.72. The summed E-state index contributed by atoms with van der Waals surface area (Å²) < 4.78 is 0. The van der Waals surface area contributed by atoms with Gasteiger partial charge in [-0.3, -0.25) is 0 Å². The molecule has 0 aliphatic heterocycles. The van der Waals surface area contributed by atoms with Crippen LogP contribution in [0.1, 0.15) is 65.4 Å². The van der Waals surface area contributed by atoms with Gasteiger partial charge in [-0.1, -0.05) is 50.4 Å². The van der Waals surface area contributed by atoms with E-state index in [1.54, 1.807) is 0 Å². The predicted molar refractivity (Wildman–Crippen MR) is 90.6 cm³/mol. The van der Waals surface area contributed by atoms with Crippen molar-refractivity contribution in [2.75, 3.05) is 6.54 Å². The van der Waals surface area contributed by atoms with Gasteiger partial charge in [0, 0.05) is 17.1 Å². The van der Waals surface area contributed by atoms with Crippen molar-refractivity contribution in [2.24, 2.45) is 5.92 Å². The van der Waals surface area contributed by atoms with E-state index in [0.717, 1.165) is 17.5 Å². The summed E-state index contributed by atoms with van der Waals surface area (Å²) in [5, 5.41) is 4.47. The molecule has 0 heterocycles. The average Bonchev–Trinajstić information content (AvgIpc) is 2.35. The molecule has 0 bridgehead atoms. The molecule has 0 aliphatic carbocycles. The molecule has 1 aromatic rings. The molecule has 1 aromatic carbocycles. The second kappa shape index (κ2) is 8.05. The van der Waals surface area contributed by atoms with E-state index in [0.29, 0.717) is 5.92 Å². The quantitative estimate of drug-likeness (QED) is 0.686. The Labute approximate surface area is 130 Å². The molecule has 1 rings (SSSR count). The summed E-state index contributed by atoms with van der Waals surface area (Å²) in [5.74, 6) is 1.33. The molecule has 114 valence electrons. The van der Waals surface area contributed by atoms with Gasteiger partial charge in [0.25, 0.3) is 0 Å². The Kier molecular flexibility index (Phi) is 7.05. The maximum Gasteiger partial charge on any atom is 0.0406 e. The fraction of sp³-hybridized carbons (Fsp3) is 0.667. The molecular formula is C18H30ClN. The van der Waals surface area contributed by atoms with Gasteiger partial charge in [-0.25, -0.2) is 0 Å². The maximum atomic E-state index is 6.01. The molecule has 0 amide bonds. The summed E-state index contributed by atoms with van der Waals surface area (Å²) in [5.41, 5.74) is 1.56. The Morgan fingerprint density at radius 3 is 2.25 bits per heavy atom. The van der Waals surface area contributed by atoms with Gasteiger partial charge in [0.1, 0.15) is 0 Å². The van der Waals surface area contributed by atoms with E-state index in [-0.39, 0.29) is 5.54 Å². The molecule has 1 nitrogen and oxygen atoms in total. The number of hydrogen-bond donors (Lipinski definition) is 1. The molecule has 1 N–H and O–H groups in total. The zero-order valence-corrected chi connectivity index (χ0v) is 14.4. The van der Waals surface area contributed by atoms with Gasteiger partial charge in [0.15, 0.2) is 0 Å². The van der Waals surface area contributed by atoms with Gasteiger partial charge in [0.2, 0.25) is 0 Å². The standard InChI is InChI=1S/C18H30ClN/c1-6-7-14(2)12-16(13-20-18(3,4)5)15-8-10-17(19)11-9-15/h8-11,14,16,20H,6-7,12-13H2,1-5H3. The molecule has 20 heavy (non-hydrogen) atoms. The molecule has 0 saturated heterocycles. The summed E-state index contributed by atoms with van der Waals surface area (Å²) in [6.45, 7) is 12.3. The number of nitrogens with one attached hydrogen (secondary N) is 1. The zero-order valence-electron chi connectivity index (χ0n) is 13.7. The monoisotopic (exact) mass is 295 g/mol. The fourth-order valence-electron chi connectivity index (χ4n) is 2.60. The second-order valence-electron chi connectivity index (χ2n) is 7.01. The van der Waals surface area contributed by atoms with Crippen molar-refractivity contribution in [3.8, 4) is 0 Å². The predicted octanol–water partition coefficient (Wildman–Crippen LogP) is 5.64. The van der Waals surface area contributed by atoms with Crippen molar-refractivity contribution in [1.82, 2.24) is 5.32 Å². The van der Waals surface area contributed by atoms with Crippen LogP contribution < -0.4 is 5.32 Å². The number of benzene rings is 1. The average molecular weight is 296 g/mol. The molecule has 0 fully saturated rings. The van der Waals surface area contributed by atoms with Crippen LogP contribution in [-0.4, -0.2) is 12.1 Å². The zero-order chi connectivity index (χ0) is 15.2. The van der Waals surface area contributed by atoms with Gasteiger partial charge >= 0.3 is 0 Å². The number of rotatable bonds is 7. The van der Waals surface area contributed by atoms with Crippen LogP contribution in [0.5, 0.6) is 0 Å². The number of hydrogen-bond acceptors (Lipinski definition) is 1. The first-order chi connectivity index (χ1) is 9.31. The van der Waals surface area contributed by atoms with E-state index in [4.69, 9.17) is 11.6 Å². The van der Waals surface area contributed by atoms with E-state index in [1.165, 1.54) is 24.8 Å². The molecule has 0 aliphatic rings. The van der Waals surface area contributed by atoms with Gasteiger partial charge in [-0.15, -0.1) is 0 Å². The smallest absolute Gasteiger partial charge is 0.0406 e. The minimum atomic E-state index is 0.165. The van der Waals surface area contributed by atoms with Crippen molar-refractivity contribution < 1.29 is 0 Å². The summed E-state index contributed by atoms with van der Waals surface area (Å²) in [7, 11) is 0. The normalized spacial score (nSPS) is 15.1. The van der Waals surface area contributed by atoms with E-state index < -0.39 is 0 Å². The molecule has 2 unspecified atom stereocenters. The lowest BCUT2D eigenvalue weighted by Gasteiger charge is -2.27. The molecule has 2 heteroatoms. The molecule has 2 atom stereocenters. The second-order valence-corrected chi connectivity index (χ2v) is 7.45. The molecule has 0 saturated carbocycles. The summed E-state index contributed by atoms with van der Waals surface area (Å²) in [4.78, 5) is 0. The van der Waals surface area contributed by atoms with E-state index >= 15 is 0 Å². The van der Waals surface area contributed by atoms with Crippen LogP contribution >= 0.6 is 11.6 Å². The van der Waals surface area contributed by atoms with Crippen LogP contribution in [-0.2, 0) is 0 Å². The Balaban J connectivity index is 2.75. The van der Waals surface area contributed by atoms with E-state index in [2.05, 4.69) is 52.1 Å². The largest absolute Gasteiger partial charge is 0.311 e. The van der Waals surface area contributed by atoms with Crippen molar-refractivity contribution in [3.05, 3.63) is 34.9 Å². The Morgan fingerprint density at radius 1 is 1.15 bits per heavy atom. The van der Waals surface area contributed by atoms with E-state index in [9.17, 15) is 0 Å². The van der Waals surface area contributed by atoms with Crippen LogP contribution in [0.15, 0.2) is 24.3 Å². The SMILES string of the molecule is CCCC(C)CC(CNC(C)(C)C)c1ccc(Cl)cc1. The third-order valence-corrected chi connectivity index (χ3v) is 3.94. The molecule has 0 aromatic heterocycles. The van der Waals surface area contributed by atoms with E-state index in [1.807, 2.05) is 12.1 Å². The Hall–Kier alpha value is -0.530. The first-order valence-electron chi connectivity index (χ1n) is 7.82. The van der Waals surface area contributed by atoms with Crippen LogP contribution in [0.3, 0.4) is 0 Å². The molecular weight excluding hydrogens is 266 g/mol. The van der Waals surface area contributed by atoms with Crippen molar-refractivity contribution in [1.29, 1.82) is 0 Å². The molecule has 0 radical (unpaired) electrons. The topological polar surface area (TPSA) is 12.0 Å². The van der Waals surface area contributed by atoms with Gasteiger partial charge in [-0.2, -0.15) is 0 Å². The highest BCUT2D eigenvalue weighted by atomic mass is 35.5. The van der Waals surface area contributed by atoms with Crippen LogP contribution in [0, 0.1) is 5.92 Å². The highest BCUT2D eigenvalue weighted by Crippen LogP contribution is 2.27. The van der Waals surface area contributed by atoms with Gasteiger partial charge < -0.3 is 5.32 Å². The lowest BCUT2D eigenvalue weighted by Crippen LogP contribution is -2.38.